The van der Waals surface area contributed by atoms with Crippen LogP contribution in [0, 0.1) is 0 Å². The predicted octanol–water partition coefficient (Wildman–Crippen LogP) is 1.01. The zero-order chi connectivity index (χ0) is 11.3. The maximum Gasteiger partial charge on any atom is 0.214 e. The third-order valence-electron chi connectivity index (χ3n) is 3.04. The van der Waals surface area contributed by atoms with Crippen LogP contribution in [0.4, 0.5) is 0 Å². The highest BCUT2D eigenvalue weighted by Gasteiger charge is 2.28. The number of hydrogen-bond donors (Lipinski definition) is 2. The van der Waals surface area contributed by atoms with Gasteiger partial charge in [0, 0.05) is 6.04 Å². The lowest BCUT2D eigenvalue weighted by Crippen LogP contribution is -2.43. The minimum Gasteiger partial charge on any atom is -0.395 e. The molecule has 1 rings (SSSR count). The smallest absolute Gasteiger partial charge is 0.214 e. The molecule has 15 heavy (non-hydrogen) atoms. The molecule has 1 aliphatic carbocycles. The van der Waals surface area contributed by atoms with Gasteiger partial charge < -0.3 is 5.11 Å². The fraction of sp³-hybridized carbons (Fsp3) is 1.00. The molecular formula is C10H21NO3S. The quantitative estimate of drug-likeness (QED) is 0.747. The van der Waals surface area contributed by atoms with Gasteiger partial charge in [0.1, 0.15) is 0 Å². The van der Waals surface area contributed by atoms with E-state index in [0.29, 0.717) is 6.42 Å². The Bertz CT molecular complexity index is 266. The zero-order valence-corrected chi connectivity index (χ0v) is 10.1. The van der Waals surface area contributed by atoms with Crippen molar-refractivity contribution in [2.75, 3.05) is 6.61 Å². The molecule has 0 saturated heterocycles. The minimum atomic E-state index is -3.22. The summed E-state index contributed by atoms with van der Waals surface area (Å²) in [5.41, 5.74) is 0. The van der Waals surface area contributed by atoms with Crippen molar-refractivity contribution in [1.29, 1.82) is 0 Å². The van der Waals surface area contributed by atoms with Crippen LogP contribution in [0.15, 0.2) is 0 Å². The molecule has 5 heteroatoms. The molecule has 1 fully saturated rings. The van der Waals surface area contributed by atoms with E-state index >= 15 is 0 Å². The Morgan fingerprint density at radius 2 is 1.93 bits per heavy atom. The fourth-order valence-electron chi connectivity index (χ4n) is 1.95. The Kier molecular flexibility index (Phi) is 5.02. The number of aliphatic hydroxyl groups excluding tert-OH is 1. The average Bonchev–Trinajstić information content (AvgIpc) is 2.27. The summed E-state index contributed by atoms with van der Waals surface area (Å²) in [6, 6.07) is -0.322. The van der Waals surface area contributed by atoms with Crippen molar-refractivity contribution in [3.63, 3.8) is 0 Å². The van der Waals surface area contributed by atoms with Gasteiger partial charge in [-0.1, -0.05) is 26.2 Å². The highest BCUT2D eigenvalue weighted by molar-refractivity contribution is 7.90. The molecule has 0 aromatic heterocycles. The molecular weight excluding hydrogens is 214 g/mol. The minimum absolute atomic E-state index is 0.123. The molecule has 0 amide bonds. The maximum absolute atomic E-state index is 11.9. The van der Waals surface area contributed by atoms with E-state index in [9.17, 15) is 8.42 Å². The van der Waals surface area contributed by atoms with Crippen LogP contribution < -0.4 is 4.72 Å². The second kappa shape index (κ2) is 5.82. The van der Waals surface area contributed by atoms with Gasteiger partial charge in [-0.2, -0.15) is 0 Å². The van der Waals surface area contributed by atoms with E-state index in [4.69, 9.17) is 5.11 Å². The second-order valence-electron chi connectivity index (χ2n) is 4.21. The van der Waals surface area contributed by atoms with Crippen LogP contribution >= 0.6 is 0 Å². The standard InChI is InChI=1S/C10H21NO3S/c1-2-9(8-12)11-15(13,14)10-6-4-3-5-7-10/h9-12H,2-8H2,1H3. The van der Waals surface area contributed by atoms with Gasteiger partial charge in [-0.15, -0.1) is 0 Å². The largest absolute Gasteiger partial charge is 0.395 e. The summed E-state index contributed by atoms with van der Waals surface area (Å²) in [4.78, 5) is 0. The van der Waals surface area contributed by atoms with Gasteiger partial charge in [0.2, 0.25) is 10.0 Å². The topological polar surface area (TPSA) is 66.4 Å². The Balaban J connectivity index is 2.56. The molecule has 1 unspecified atom stereocenters. The van der Waals surface area contributed by atoms with Crippen LogP contribution in [0.5, 0.6) is 0 Å². The summed E-state index contributed by atoms with van der Waals surface area (Å²) in [7, 11) is -3.22. The molecule has 2 N–H and O–H groups in total. The van der Waals surface area contributed by atoms with Crippen molar-refractivity contribution < 1.29 is 13.5 Å². The Morgan fingerprint density at radius 1 is 1.33 bits per heavy atom. The molecule has 0 aromatic carbocycles. The first-order valence-electron chi connectivity index (χ1n) is 5.72. The molecule has 0 aromatic rings. The predicted molar refractivity (Wildman–Crippen MR) is 60.1 cm³/mol. The van der Waals surface area contributed by atoms with Crippen LogP contribution in [0.2, 0.25) is 0 Å². The molecule has 1 saturated carbocycles. The van der Waals surface area contributed by atoms with E-state index < -0.39 is 10.0 Å². The van der Waals surface area contributed by atoms with Crippen LogP contribution in [-0.2, 0) is 10.0 Å². The summed E-state index contributed by atoms with van der Waals surface area (Å²) >= 11 is 0. The van der Waals surface area contributed by atoms with Crippen LogP contribution in [0.1, 0.15) is 45.4 Å². The van der Waals surface area contributed by atoms with Crippen LogP contribution in [0.3, 0.4) is 0 Å². The van der Waals surface area contributed by atoms with Crippen molar-refractivity contribution in [3.8, 4) is 0 Å². The maximum atomic E-state index is 11.9. The number of hydrogen-bond acceptors (Lipinski definition) is 3. The van der Waals surface area contributed by atoms with E-state index in [-0.39, 0.29) is 17.9 Å². The summed E-state index contributed by atoms with van der Waals surface area (Å²) in [5, 5.41) is 8.72. The first-order valence-corrected chi connectivity index (χ1v) is 7.26. The van der Waals surface area contributed by atoms with Gasteiger partial charge in [-0.3, -0.25) is 0 Å². The van der Waals surface area contributed by atoms with Gasteiger partial charge in [-0.25, -0.2) is 13.1 Å². The number of nitrogens with one attached hydrogen (secondary N) is 1. The van der Waals surface area contributed by atoms with Crippen molar-refractivity contribution in [2.24, 2.45) is 0 Å². The van der Waals surface area contributed by atoms with Crippen molar-refractivity contribution in [1.82, 2.24) is 4.72 Å². The third-order valence-corrected chi connectivity index (χ3v) is 5.05. The molecule has 90 valence electrons. The molecule has 1 atom stereocenters. The van der Waals surface area contributed by atoms with Gasteiger partial charge >= 0.3 is 0 Å². The SMILES string of the molecule is CCC(CO)NS(=O)(=O)C1CCCCC1. The molecule has 0 aliphatic heterocycles. The highest BCUT2D eigenvalue weighted by atomic mass is 32.2. The monoisotopic (exact) mass is 235 g/mol. The van der Waals surface area contributed by atoms with E-state index in [0.717, 1.165) is 32.1 Å². The Labute approximate surface area is 92.1 Å². The van der Waals surface area contributed by atoms with E-state index in [1.165, 1.54) is 0 Å². The van der Waals surface area contributed by atoms with E-state index in [2.05, 4.69) is 4.72 Å². The summed E-state index contributed by atoms with van der Waals surface area (Å²) in [5.74, 6) is 0. The van der Waals surface area contributed by atoms with Crippen molar-refractivity contribution in [2.45, 2.75) is 56.7 Å². The highest BCUT2D eigenvalue weighted by Crippen LogP contribution is 2.23. The Hall–Kier alpha value is -0.130. The number of rotatable bonds is 5. The molecule has 0 heterocycles. The lowest BCUT2D eigenvalue weighted by Gasteiger charge is -2.24. The van der Waals surface area contributed by atoms with Gasteiger partial charge in [-0.05, 0) is 19.3 Å². The van der Waals surface area contributed by atoms with E-state index in [1.54, 1.807) is 0 Å². The van der Waals surface area contributed by atoms with Gasteiger partial charge in [0.25, 0.3) is 0 Å². The zero-order valence-electron chi connectivity index (χ0n) is 9.28. The molecule has 0 bridgehead atoms. The number of sulfonamides is 1. The summed E-state index contributed by atoms with van der Waals surface area (Å²) < 4.78 is 26.4. The molecule has 0 radical (unpaired) electrons. The van der Waals surface area contributed by atoms with Crippen LogP contribution in [-0.4, -0.2) is 31.4 Å². The van der Waals surface area contributed by atoms with Crippen LogP contribution in [0.25, 0.3) is 0 Å². The first-order chi connectivity index (χ1) is 7.10. The molecule has 1 aliphatic rings. The fourth-order valence-corrected chi connectivity index (χ4v) is 3.81. The van der Waals surface area contributed by atoms with E-state index in [1.807, 2.05) is 6.92 Å². The third kappa shape index (κ3) is 3.74. The lowest BCUT2D eigenvalue weighted by molar-refractivity contribution is 0.253. The Morgan fingerprint density at radius 3 is 2.40 bits per heavy atom. The normalized spacial score (nSPS) is 21.5. The first kappa shape index (κ1) is 12.9. The average molecular weight is 235 g/mol. The lowest BCUT2D eigenvalue weighted by atomic mass is 10.0. The molecule has 4 nitrogen and oxygen atoms in total. The van der Waals surface area contributed by atoms with Crippen molar-refractivity contribution in [3.05, 3.63) is 0 Å². The summed E-state index contributed by atoms with van der Waals surface area (Å²) in [6.07, 6.45) is 5.29. The second-order valence-corrected chi connectivity index (χ2v) is 6.20. The van der Waals surface area contributed by atoms with Gasteiger partial charge in [0.05, 0.1) is 11.9 Å². The summed E-state index contributed by atoms with van der Waals surface area (Å²) in [6.45, 7) is 1.74. The number of aliphatic hydroxyl groups is 1. The van der Waals surface area contributed by atoms with Crippen molar-refractivity contribution >= 4 is 10.0 Å². The molecule has 0 spiro atoms. The van der Waals surface area contributed by atoms with Gasteiger partial charge in [0.15, 0.2) is 0 Å².